The summed E-state index contributed by atoms with van der Waals surface area (Å²) in [6.45, 7) is 28.5. The Morgan fingerprint density at radius 2 is 0.520 bits per heavy atom. The Morgan fingerprint density at radius 1 is 0.280 bits per heavy atom. The molecule has 3 aliphatic rings. The molecule has 4 rings (SSSR count). The maximum atomic E-state index is 3.63. The minimum absolute atomic E-state index is 1.04. The van der Waals surface area contributed by atoms with E-state index >= 15 is 0 Å². The molecule has 1 aromatic carbocycles. The molecular formula is C38H78N12. The van der Waals surface area contributed by atoms with Crippen LogP contribution in [0, 0.1) is 0 Å². The van der Waals surface area contributed by atoms with Crippen molar-refractivity contribution in [3.8, 4) is 0 Å². The summed E-state index contributed by atoms with van der Waals surface area (Å²) in [4.78, 5) is 5.23. The molecule has 0 aliphatic carbocycles. The van der Waals surface area contributed by atoms with Gasteiger partial charge in [-0.25, -0.2) is 0 Å². The van der Waals surface area contributed by atoms with Crippen LogP contribution in [0.25, 0.3) is 0 Å². The molecule has 12 heteroatoms. The van der Waals surface area contributed by atoms with Crippen molar-refractivity contribution in [3.63, 3.8) is 0 Å². The van der Waals surface area contributed by atoms with Gasteiger partial charge in [0.2, 0.25) is 0 Å². The molecule has 3 heterocycles. The van der Waals surface area contributed by atoms with Crippen molar-refractivity contribution in [2.75, 3.05) is 157 Å². The Balaban J connectivity index is 0.000000403. The topological polar surface area (TPSA) is 127 Å². The summed E-state index contributed by atoms with van der Waals surface area (Å²) in [6.07, 6.45) is 7.24. The predicted octanol–water partition coefficient (Wildman–Crippen LogP) is -0.446. The number of nitrogens with one attached hydrogen (secondary N) is 10. The van der Waals surface area contributed by atoms with Crippen LogP contribution in [0.3, 0.4) is 0 Å². The fourth-order valence-electron chi connectivity index (χ4n) is 6.45. The van der Waals surface area contributed by atoms with Gasteiger partial charge < -0.3 is 53.2 Å². The van der Waals surface area contributed by atoms with E-state index in [-0.39, 0.29) is 0 Å². The van der Waals surface area contributed by atoms with E-state index < -0.39 is 0 Å². The molecular weight excluding hydrogens is 625 g/mol. The molecule has 0 bridgehead atoms. The first kappa shape index (κ1) is 43.1. The Hall–Kier alpha value is -1.26. The molecule has 50 heavy (non-hydrogen) atoms. The summed E-state index contributed by atoms with van der Waals surface area (Å²) in [7, 11) is 0. The molecule has 0 aromatic heterocycles. The maximum Gasteiger partial charge on any atom is 0.0234 e. The summed E-state index contributed by atoms with van der Waals surface area (Å²) in [5.74, 6) is 0. The highest BCUT2D eigenvalue weighted by atomic mass is 15.1. The van der Waals surface area contributed by atoms with E-state index in [1.54, 1.807) is 0 Å². The highest BCUT2D eigenvalue weighted by molar-refractivity contribution is 5.22. The van der Waals surface area contributed by atoms with E-state index in [4.69, 9.17) is 0 Å². The van der Waals surface area contributed by atoms with Gasteiger partial charge in [-0.3, -0.25) is 9.80 Å². The van der Waals surface area contributed by atoms with Gasteiger partial charge in [-0.2, -0.15) is 0 Å². The summed E-state index contributed by atoms with van der Waals surface area (Å²) in [5, 5.41) is 35.1. The Labute approximate surface area is 306 Å². The van der Waals surface area contributed by atoms with Crippen LogP contribution in [0.4, 0.5) is 0 Å². The van der Waals surface area contributed by atoms with E-state index in [1.807, 2.05) is 0 Å². The van der Waals surface area contributed by atoms with Crippen LogP contribution in [-0.4, -0.2) is 167 Å². The SMILES string of the molecule is C1CNCCNCCCNCCNC1.c1cc(CN2CCCNCCNCCCNCC2)ccc1CN1CCCNCCNCCCNCC1. The second-order valence-corrected chi connectivity index (χ2v) is 14.0. The van der Waals surface area contributed by atoms with Crippen LogP contribution in [0.5, 0.6) is 0 Å². The number of nitrogens with zero attached hydrogens (tertiary/aromatic N) is 2. The minimum atomic E-state index is 1.04. The molecule has 0 unspecified atom stereocenters. The molecule has 0 amide bonds. The number of hydrogen-bond acceptors (Lipinski definition) is 12. The predicted molar refractivity (Wildman–Crippen MR) is 213 cm³/mol. The molecule has 0 radical (unpaired) electrons. The summed E-state index contributed by atoms with van der Waals surface area (Å²) >= 11 is 0. The zero-order valence-corrected chi connectivity index (χ0v) is 31.8. The molecule has 3 aliphatic heterocycles. The third-order valence-electron chi connectivity index (χ3n) is 9.44. The molecule has 3 saturated heterocycles. The van der Waals surface area contributed by atoms with Gasteiger partial charge in [0.25, 0.3) is 0 Å². The van der Waals surface area contributed by atoms with Crippen LogP contribution in [0.15, 0.2) is 24.3 Å². The van der Waals surface area contributed by atoms with Crippen molar-refractivity contribution in [1.82, 2.24) is 63.0 Å². The average molecular weight is 703 g/mol. The summed E-state index contributed by atoms with van der Waals surface area (Å²) < 4.78 is 0. The normalized spacial score (nSPS) is 23.2. The van der Waals surface area contributed by atoms with Crippen molar-refractivity contribution < 1.29 is 0 Å². The van der Waals surface area contributed by atoms with E-state index in [9.17, 15) is 0 Å². The van der Waals surface area contributed by atoms with Crippen molar-refractivity contribution in [3.05, 3.63) is 35.4 Å². The molecule has 0 spiro atoms. The fraction of sp³-hybridized carbons (Fsp3) is 0.842. The van der Waals surface area contributed by atoms with Gasteiger partial charge in [0.15, 0.2) is 0 Å². The Bertz CT molecular complexity index is 724. The Kier molecular flexibility index (Phi) is 28.0. The van der Waals surface area contributed by atoms with E-state index in [2.05, 4.69) is 87.2 Å². The highest BCUT2D eigenvalue weighted by Crippen LogP contribution is 2.11. The number of benzene rings is 1. The van der Waals surface area contributed by atoms with Crippen LogP contribution in [-0.2, 0) is 13.1 Å². The largest absolute Gasteiger partial charge is 0.315 e. The van der Waals surface area contributed by atoms with Crippen LogP contribution in [0.2, 0.25) is 0 Å². The standard InChI is InChI=1S/C28H54N8.C10H24N4/c1-9-29-15-17-31-13-3-21-35(23-19-33-11-1)25-27-5-7-28(8-6-27)26-36-22-4-14-32-18-16-30-10-2-12-34-20-24-36;1-3-11-7-9-13-5-2-6-14-10-8-12-4-1/h5-8,29-34H,1-4,9-26H2;11-14H,1-10H2. The van der Waals surface area contributed by atoms with Gasteiger partial charge in [0.1, 0.15) is 0 Å². The first-order valence-electron chi connectivity index (χ1n) is 20.5. The minimum Gasteiger partial charge on any atom is -0.315 e. The molecule has 1 aromatic rings. The molecule has 12 nitrogen and oxygen atoms in total. The van der Waals surface area contributed by atoms with Gasteiger partial charge in [-0.05, 0) is 128 Å². The highest BCUT2D eigenvalue weighted by Gasteiger charge is 2.09. The maximum absolute atomic E-state index is 3.63. The first-order valence-corrected chi connectivity index (χ1v) is 20.5. The van der Waals surface area contributed by atoms with Crippen LogP contribution < -0.4 is 53.2 Å². The lowest BCUT2D eigenvalue weighted by Gasteiger charge is -2.24. The molecule has 0 saturated carbocycles. The van der Waals surface area contributed by atoms with Crippen molar-refractivity contribution >= 4 is 0 Å². The Morgan fingerprint density at radius 3 is 0.800 bits per heavy atom. The van der Waals surface area contributed by atoms with E-state index in [1.165, 1.54) is 49.7 Å². The van der Waals surface area contributed by atoms with Crippen LogP contribution >= 0.6 is 0 Å². The monoisotopic (exact) mass is 703 g/mol. The zero-order chi connectivity index (χ0) is 34.8. The van der Waals surface area contributed by atoms with E-state index in [0.29, 0.717) is 0 Å². The quantitative estimate of drug-likeness (QED) is 0.200. The average Bonchev–Trinajstić information content (AvgIpc) is 3.13. The lowest BCUT2D eigenvalue weighted by Crippen LogP contribution is -2.36. The van der Waals surface area contributed by atoms with Crippen molar-refractivity contribution in [1.29, 1.82) is 0 Å². The van der Waals surface area contributed by atoms with E-state index in [0.717, 1.165) is 170 Å². The summed E-state index contributed by atoms with van der Waals surface area (Å²) in [6, 6.07) is 9.42. The first-order chi connectivity index (χ1) is 24.9. The molecule has 0 atom stereocenters. The van der Waals surface area contributed by atoms with Crippen LogP contribution in [0.1, 0.15) is 49.7 Å². The van der Waals surface area contributed by atoms with Crippen molar-refractivity contribution in [2.24, 2.45) is 0 Å². The van der Waals surface area contributed by atoms with Gasteiger partial charge in [-0.15, -0.1) is 0 Å². The van der Waals surface area contributed by atoms with Crippen molar-refractivity contribution in [2.45, 2.75) is 51.6 Å². The molecule has 3 fully saturated rings. The van der Waals surface area contributed by atoms with Gasteiger partial charge in [0, 0.05) is 91.6 Å². The second-order valence-electron chi connectivity index (χ2n) is 14.0. The van der Waals surface area contributed by atoms with Gasteiger partial charge >= 0.3 is 0 Å². The lowest BCUT2D eigenvalue weighted by atomic mass is 10.1. The summed E-state index contributed by atoms with van der Waals surface area (Å²) in [5.41, 5.74) is 2.86. The lowest BCUT2D eigenvalue weighted by molar-refractivity contribution is 0.258. The molecule has 10 N–H and O–H groups in total. The number of hydrogen-bond donors (Lipinski definition) is 10. The smallest absolute Gasteiger partial charge is 0.0234 e. The third-order valence-corrected chi connectivity index (χ3v) is 9.44. The zero-order valence-electron chi connectivity index (χ0n) is 31.8. The van der Waals surface area contributed by atoms with Gasteiger partial charge in [-0.1, -0.05) is 24.3 Å². The molecule has 290 valence electrons. The second kappa shape index (κ2) is 32.4. The van der Waals surface area contributed by atoms with Gasteiger partial charge in [0.05, 0.1) is 0 Å². The third kappa shape index (κ3) is 24.8. The number of rotatable bonds is 4. The fourth-order valence-corrected chi connectivity index (χ4v) is 6.45.